The second-order valence-electron chi connectivity index (χ2n) is 4.31. The summed E-state index contributed by atoms with van der Waals surface area (Å²) in [5, 5.41) is 4.44. The highest BCUT2D eigenvalue weighted by atomic mass is 15.3. The zero-order valence-corrected chi connectivity index (χ0v) is 10.4. The van der Waals surface area contributed by atoms with Gasteiger partial charge in [0.05, 0.1) is 5.69 Å². The number of benzene rings is 1. The molecule has 0 spiro atoms. The van der Waals surface area contributed by atoms with E-state index in [0.29, 0.717) is 0 Å². The predicted octanol–water partition coefficient (Wildman–Crippen LogP) is 2.45. The van der Waals surface area contributed by atoms with Gasteiger partial charge in [-0.25, -0.2) is 0 Å². The summed E-state index contributed by atoms with van der Waals surface area (Å²) in [4.78, 5) is 0. The van der Waals surface area contributed by atoms with Crippen LogP contribution in [0.4, 0.5) is 0 Å². The van der Waals surface area contributed by atoms with Crippen molar-refractivity contribution < 1.29 is 0 Å². The summed E-state index contributed by atoms with van der Waals surface area (Å²) in [7, 11) is 0. The van der Waals surface area contributed by atoms with Gasteiger partial charge in [0.2, 0.25) is 0 Å². The Morgan fingerprint density at radius 1 is 1.29 bits per heavy atom. The Balaban J connectivity index is 2.15. The normalized spacial score (nSPS) is 12.6. The minimum atomic E-state index is 0.0394. The molecule has 3 nitrogen and oxygen atoms in total. The van der Waals surface area contributed by atoms with E-state index < -0.39 is 0 Å². The van der Waals surface area contributed by atoms with E-state index in [0.717, 1.165) is 18.7 Å². The molecule has 2 aromatic rings. The Hall–Kier alpha value is -1.61. The summed E-state index contributed by atoms with van der Waals surface area (Å²) in [5.74, 6) is 0. The van der Waals surface area contributed by atoms with Gasteiger partial charge in [-0.15, -0.1) is 0 Å². The van der Waals surface area contributed by atoms with Gasteiger partial charge in [0, 0.05) is 24.7 Å². The van der Waals surface area contributed by atoms with Crippen molar-refractivity contribution in [2.45, 2.75) is 32.9 Å². The van der Waals surface area contributed by atoms with E-state index in [1.807, 2.05) is 29.8 Å². The van der Waals surface area contributed by atoms with Crippen molar-refractivity contribution in [1.82, 2.24) is 9.78 Å². The van der Waals surface area contributed by atoms with E-state index in [-0.39, 0.29) is 6.04 Å². The van der Waals surface area contributed by atoms with Crippen molar-refractivity contribution in [3.8, 4) is 0 Å². The van der Waals surface area contributed by atoms with Crippen LogP contribution in [0.15, 0.2) is 36.4 Å². The van der Waals surface area contributed by atoms with Gasteiger partial charge in [-0.3, -0.25) is 4.68 Å². The van der Waals surface area contributed by atoms with Crippen molar-refractivity contribution in [2.24, 2.45) is 5.73 Å². The molecular formula is C14H19N3. The van der Waals surface area contributed by atoms with Crippen LogP contribution in [0.5, 0.6) is 0 Å². The minimum absolute atomic E-state index is 0.0394. The summed E-state index contributed by atoms with van der Waals surface area (Å²) in [6.45, 7) is 5.01. The fourth-order valence-corrected chi connectivity index (χ4v) is 2.08. The standard InChI is InChI=1S/C14H19N3/c1-3-17-13(9-11(2)16-17)10-14(15)12-7-5-4-6-8-12/h4-9,14H,3,10,15H2,1-2H3. The Labute approximate surface area is 102 Å². The van der Waals surface area contributed by atoms with Gasteiger partial charge in [0.1, 0.15) is 0 Å². The van der Waals surface area contributed by atoms with Gasteiger partial charge in [0.25, 0.3) is 0 Å². The molecule has 1 heterocycles. The first-order valence-corrected chi connectivity index (χ1v) is 6.04. The second-order valence-corrected chi connectivity index (χ2v) is 4.31. The molecule has 0 fully saturated rings. The summed E-state index contributed by atoms with van der Waals surface area (Å²) < 4.78 is 2.03. The number of rotatable bonds is 4. The van der Waals surface area contributed by atoms with E-state index in [1.165, 1.54) is 11.3 Å². The molecule has 90 valence electrons. The maximum Gasteiger partial charge on any atom is 0.0596 e. The van der Waals surface area contributed by atoms with E-state index in [9.17, 15) is 0 Å². The smallest absolute Gasteiger partial charge is 0.0596 e. The number of aryl methyl sites for hydroxylation is 2. The number of aromatic nitrogens is 2. The summed E-state index contributed by atoms with van der Waals surface area (Å²) >= 11 is 0. The molecule has 0 amide bonds. The topological polar surface area (TPSA) is 43.8 Å². The fourth-order valence-electron chi connectivity index (χ4n) is 2.08. The maximum absolute atomic E-state index is 6.22. The molecule has 1 atom stereocenters. The molecule has 17 heavy (non-hydrogen) atoms. The fraction of sp³-hybridized carbons (Fsp3) is 0.357. The molecule has 0 saturated heterocycles. The van der Waals surface area contributed by atoms with Gasteiger partial charge in [-0.05, 0) is 25.5 Å². The van der Waals surface area contributed by atoms with Crippen LogP contribution in [-0.2, 0) is 13.0 Å². The monoisotopic (exact) mass is 229 g/mol. The number of hydrogen-bond acceptors (Lipinski definition) is 2. The highest BCUT2D eigenvalue weighted by Crippen LogP contribution is 2.16. The lowest BCUT2D eigenvalue weighted by atomic mass is 10.0. The van der Waals surface area contributed by atoms with E-state index in [4.69, 9.17) is 5.73 Å². The third-order valence-electron chi connectivity index (χ3n) is 2.94. The van der Waals surface area contributed by atoms with Crippen LogP contribution in [-0.4, -0.2) is 9.78 Å². The Kier molecular flexibility index (Phi) is 3.59. The molecule has 2 N–H and O–H groups in total. The molecule has 0 aliphatic rings. The van der Waals surface area contributed by atoms with Gasteiger partial charge >= 0.3 is 0 Å². The third kappa shape index (κ3) is 2.74. The highest BCUT2D eigenvalue weighted by Gasteiger charge is 2.10. The first kappa shape index (κ1) is 11.9. The summed E-state index contributed by atoms with van der Waals surface area (Å²) in [6.07, 6.45) is 0.832. The van der Waals surface area contributed by atoms with Gasteiger partial charge in [-0.1, -0.05) is 30.3 Å². The lowest BCUT2D eigenvalue weighted by molar-refractivity contribution is 0.587. The van der Waals surface area contributed by atoms with Crippen molar-refractivity contribution in [2.75, 3.05) is 0 Å². The zero-order chi connectivity index (χ0) is 12.3. The Bertz CT molecular complexity index is 473. The van der Waals surface area contributed by atoms with Crippen LogP contribution >= 0.6 is 0 Å². The largest absolute Gasteiger partial charge is 0.324 e. The molecule has 1 aromatic carbocycles. The van der Waals surface area contributed by atoms with Gasteiger partial charge in [-0.2, -0.15) is 5.10 Å². The maximum atomic E-state index is 6.22. The van der Waals surface area contributed by atoms with Crippen molar-refractivity contribution in [3.05, 3.63) is 53.3 Å². The van der Waals surface area contributed by atoms with Crippen LogP contribution in [0.2, 0.25) is 0 Å². The lowest BCUT2D eigenvalue weighted by Crippen LogP contribution is -2.16. The van der Waals surface area contributed by atoms with Crippen molar-refractivity contribution in [1.29, 1.82) is 0 Å². The zero-order valence-electron chi connectivity index (χ0n) is 10.4. The molecular weight excluding hydrogens is 210 g/mol. The van der Waals surface area contributed by atoms with Crippen LogP contribution in [0, 0.1) is 6.92 Å². The van der Waals surface area contributed by atoms with Gasteiger partial charge in [0.15, 0.2) is 0 Å². The number of hydrogen-bond donors (Lipinski definition) is 1. The van der Waals surface area contributed by atoms with E-state index in [2.05, 4.69) is 30.2 Å². The molecule has 2 rings (SSSR count). The first-order valence-electron chi connectivity index (χ1n) is 6.04. The summed E-state index contributed by atoms with van der Waals surface area (Å²) in [6, 6.07) is 12.4. The molecule has 0 saturated carbocycles. The summed E-state index contributed by atoms with van der Waals surface area (Å²) in [5.41, 5.74) is 9.66. The lowest BCUT2D eigenvalue weighted by Gasteiger charge is -2.12. The van der Waals surface area contributed by atoms with E-state index >= 15 is 0 Å². The van der Waals surface area contributed by atoms with Crippen molar-refractivity contribution >= 4 is 0 Å². The van der Waals surface area contributed by atoms with Crippen LogP contribution in [0.25, 0.3) is 0 Å². The van der Waals surface area contributed by atoms with Crippen LogP contribution in [0.1, 0.15) is 29.9 Å². The molecule has 1 unspecified atom stereocenters. The molecule has 3 heteroatoms. The van der Waals surface area contributed by atoms with Crippen LogP contribution < -0.4 is 5.73 Å². The molecule has 0 bridgehead atoms. The SMILES string of the molecule is CCn1nc(C)cc1CC(N)c1ccccc1. The average Bonchev–Trinajstić information content (AvgIpc) is 2.70. The van der Waals surface area contributed by atoms with E-state index in [1.54, 1.807) is 0 Å². The first-order chi connectivity index (χ1) is 8.20. The highest BCUT2D eigenvalue weighted by molar-refractivity contribution is 5.21. The number of nitrogens with two attached hydrogens (primary N) is 1. The quantitative estimate of drug-likeness (QED) is 0.875. The third-order valence-corrected chi connectivity index (χ3v) is 2.94. The predicted molar refractivity (Wildman–Crippen MR) is 69.7 cm³/mol. The minimum Gasteiger partial charge on any atom is -0.324 e. The molecule has 1 aromatic heterocycles. The Morgan fingerprint density at radius 2 is 2.00 bits per heavy atom. The molecule has 0 radical (unpaired) electrons. The molecule has 0 aliphatic heterocycles. The average molecular weight is 229 g/mol. The van der Waals surface area contributed by atoms with Gasteiger partial charge < -0.3 is 5.73 Å². The second kappa shape index (κ2) is 5.15. The number of nitrogens with zero attached hydrogens (tertiary/aromatic N) is 2. The Morgan fingerprint density at radius 3 is 2.65 bits per heavy atom. The van der Waals surface area contributed by atoms with Crippen molar-refractivity contribution in [3.63, 3.8) is 0 Å². The van der Waals surface area contributed by atoms with Crippen LogP contribution in [0.3, 0.4) is 0 Å². The molecule has 0 aliphatic carbocycles.